The van der Waals surface area contributed by atoms with Crippen molar-refractivity contribution in [2.75, 3.05) is 20.8 Å². The molecule has 1 amide bonds. The summed E-state index contributed by atoms with van der Waals surface area (Å²) in [5.74, 6) is -0.247. The van der Waals surface area contributed by atoms with Crippen molar-refractivity contribution in [2.45, 2.75) is 11.4 Å². The number of sulfonamides is 1. The highest BCUT2D eigenvalue weighted by Gasteiger charge is 2.27. The zero-order chi connectivity index (χ0) is 24.6. The topological polar surface area (TPSA) is 97.3 Å². The predicted octanol–water partition coefficient (Wildman–Crippen LogP) is 3.18. The average molecular weight is 486 g/mol. The van der Waals surface area contributed by atoms with Crippen LogP contribution in [0.2, 0.25) is 0 Å². The third-order valence-corrected chi connectivity index (χ3v) is 6.63. The van der Waals surface area contributed by atoms with E-state index in [2.05, 4.69) is 10.5 Å². The minimum absolute atomic E-state index is 0.0575. The fourth-order valence-corrected chi connectivity index (χ4v) is 4.52. The predicted molar refractivity (Wildman–Crippen MR) is 126 cm³/mol. The van der Waals surface area contributed by atoms with Gasteiger partial charge in [0.25, 0.3) is 5.91 Å². The maximum absolute atomic E-state index is 13.3. The first kappa shape index (κ1) is 24.9. The van der Waals surface area contributed by atoms with Gasteiger partial charge < -0.3 is 9.47 Å². The summed E-state index contributed by atoms with van der Waals surface area (Å²) >= 11 is 0. The second-order valence-corrected chi connectivity index (χ2v) is 9.02. The van der Waals surface area contributed by atoms with Crippen molar-refractivity contribution in [1.82, 2.24) is 9.73 Å². The molecule has 0 saturated heterocycles. The van der Waals surface area contributed by atoms with Gasteiger partial charge in [-0.1, -0.05) is 36.4 Å². The van der Waals surface area contributed by atoms with Crippen LogP contribution >= 0.6 is 0 Å². The van der Waals surface area contributed by atoms with Gasteiger partial charge in [-0.05, 0) is 42.0 Å². The molecule has 3 rings (SSSR count). The van der Waals surface area contributed by atoms with Gasteiger partial charge in [0.2, 0.25) is 10.0 Å². The summed E-state index contributed by atoms with van der Waals surface area (Å²) in [6, 6.07) is 18.4. The lowest BCUT2D eigenvalue weighted by Gasteiger charge is -2.21. The van der Waals surface area contributed by atoms with Gasteiger partial charge in [0.15, 0.2) is 0 Å². The Hall–Kier alpha value is -3.76. The number of nitrogens with one attached hydrogen (secondary N) is 1. The lowest BCUT2D eigenvalue weighted by Crippen LogP contribution is -2.39. The smallest absolute Gasteiger partial charge is 0.255 e. The number of hydrogen-bond acceptors (Lipinski definition) is 6. The summed E-state index contributed by atoms with van der Waals surface area (Å²) in [4.78, 5) is 12.5. The number of hydrogen-bond donors (Lipinski definition) is 1. The van der Waals surface area contributed by atoms with Crippen LogP contribution < -0.4 is 14.9 Å². The summed E-state index contributed by atoms with van der Waals surface area (Å²) in [6.45, 7) is -0.562. The quantitative estimate of drug-likeness (QED) is 0.351. The Balaban J connectivity index is 1.80. The Morgan fingerprint density at radius 1 is 0.971 bits per heavy atom. The molecule has 0 saturated carbocycles. The SMILES string of the molecule is COc1cccc(OC)c1/C=N\NC(=O)CN(Cc1ccccc1)S(=O)(=O)c1ccc(F)cc1. The zero-order valence-corrected chi connectivity index (χ0v) is 19.5. The maximum Gasteiger partial charge on any atom is 0.255 e. The molecule has 0 aliphatic rings. The molecule has 0 spiro atoms. The molecule has 0 fully saturated rings. The van der Waals surface area contributed by atoms with Crippen LogP contribution in [0, 0.1) is 5.82 Å². The van der Waals surface area contributed by atoms with E-state index in [0.717, 1.165) is 28.6 Å². The Kier molecular flexibility index (Phi) is 8.34. The second kappa shape index (κ2) is 11.4. The van der Waals surface area contributed by atoms with E-state index in [1.165, 1.54) is 20.4 Å². The van der Waals surface area contributed by atoms with E-state index < -0.39 is 28.3 Å². The summed E-state index contributed by atoms with van der Waals surface area (Å²) in [7, 11) is -1.11. The lowest BCUT2D eigenvalue weighted by molar-refractivity contribution is -0.121. The fraction of sp³-hybridized carbons (Fsp3) is 0.167. The first-order valence-corrected chi connectivity index (χ1v) is 11.6. The van der Waals surface area contributed by atoms with Gasteiger partial charge in [-0.15, -0.1) is 0 Å². The number of nitrogens with zero attached hydrogens (tertiary/aromatic N) is 2. The number of hydrazone groups is 1. The Bertz CT molecular complexity index is 1230. The highest BCUT2D eigenvalue weighted by atomic mass is 32.2. The van der Waals surface area contributed by atoms with Crippen molar-refractivity contribution in [3.05, 3.63) is 89.7 Å². The van der Waals surface area contributed by atoms with Crippen LogP contribution in [0.1, 0.15) is 11.1 Å². The first-order chi connectivity index (χ1) is 16.3. The Morgan fingerprint density at radius 2 is 1.59 bits per heavy atom. The molecule has 0 atom stereocenters. The van der Waals surface area contributed by atoms with Gasteiger partial charge in [0.05, 0.1) is 37.4 Å². The van der Waals surface area contributed by atoms with Gasteiger partial charge >= 0.3 is 0 Å². The van der Waals surface area contributed by atoms with Crippen molar-refractivity contribution in [3.63, 3.8) is 0 Å². The number of methoxy groups -OCH3 is 2. The number of benzene rings is 3. The monoisotopic (exact) mass is 485 g/mol. The highest BCUT2D eigenvalue weighted by Crippen LogP contribution is 2.26. The van der Waals surface area contributed by atoms with Crippen molar-refractivity contribution in [2.24, 2.45) is 5.10 Å². The molecule has 3 aromatic carbocycles. The largest absolute Gasteiger partial charge is 0.496 e. The Labute approximate surface area is 197 Å². The van der Waals surface area contributed by atoms with Crippen LogP contribution in [0.15, 0.2) is 82.8 Å². The van der Waals surface area contributed by atoms with Gasteiger partial charge in [-0.2, -0.15) is 9.41 Å². The second-order valence-electron chi connectivity index (χ2n) is 7.08. The van der Waals surface area contributed by atoms with Crippen molar-refractivity contribution in [3.8, 4) is 11.5 Å². The molecule has 0 aromatic heterocycles. The molecule has 0 bridgehead atoms. The van der Waals surface area contributed by atoms with E-state index in [1.807, 2.05) is 0 Å². The minimum Gasteiger partial charge on any atom is -0.496 e. The zero-order valence-electron chi connectivity index (χ0n) is 18.6. The maximum atomic E-state index is 13.3. The minimum atomic E-state index is -4.10. The van der Waals surface area contributed by atoms with Crippen LogP contribution in [0.4, 0.5) is 4.39 Å². The van der Waals surface area contributed by atoms with Crippen LogP contribution in [-0.2, 0) is 21.4 Å². The van der Waals surface area contributed by atoms with E-state index in [-0.39, 0.29) is 11.4 Å². The van der Waals surface area contributed by atoms with Crippen molar-refractivity contribution in [1.29, 1.82) is 0 Å². The van der Waals surface area contributed by atoms with Crippen molar-refractivity contribution >= 4 is 22.1 Å². The third-order valence-electron chi connectivity index (χ3n) is 4.82. The van der Waals surface area contributed by atoms with Gasteiger partial charge in [-0.25, -0.2) is 18.2 Å². The van der Waals surface area contributed by atoms with Crippen LogP contribution in [-0.4, -0.2) is 45.6 Å². The molecule has 0 aliphatic carbocycles. The molecule has 3 aromatic rings. The average Bonchev–Trinajstić information content (AvgIpc) is 2.84. The lowest BCUT2D eigenvalue weighted by atomic mass is 10.2. The molecule has 0 aliphatic heterocycles. The standard InChI is InChI=1S/C24H24FN3O5S/c1-32-22-9-6-10-23(33-2)21(22)15-26-27-24(29)17-28(16-18-7-4-3-5-8-18)34(30,31)20-13-11-19(25)12-14-20/h3-15H,16-17H2,1-2H3,(H,27,29)/b26-15-. The number of halogens is 1. The summed E-state index contributed by atoms with van der Waals surface area (Å²) in [5, 5.41) is 3.93. The van der Waals surface area contributed by atoms with Crippen LogP contribution in [0.3, 0.4) is 0 Å². The normalized spacial score (nSPS) is 11.5. The van der Waals surface area contributed by atoms with Crippen LogP contribution in [0.25, 0.3) is 0 Å². The molecule has 178 valence electrons. The first-order valence-electron chi connectivity index (χ1n) is 10.2. The van der Waals surface area contributed by atoms with Gasteiger partial charge in [0, 0.05) is 6.54 Å². The number of ether oxygens (including phenoxy) is 2. The molecular formula is C24H24FN3O5S. The molecule has 0 unspecified atom stereocenters. The summed E-state index contributed by atoms with van der Waals surface area (Å²) in [6.07, 6.45) is 1.35. The summed E-state index contributed by atoms with van der Waals surface area (Å²) in [5.41, 5.74) is 3.53. The number of rotatable bonds is 10. The number of amides is 1. The Morgan fingerprint density at radius 3 is 2.18 bits per heavy atom. The summed E-state index contributed by atoms with van der Waals surface area (Å²) < 4.78 is 51.3. The molecule has 0 heterocycles. The van der Waals surface area contributed by atoms with E-state index in [0.29, 0.717) is 22.6 Å². The number of carbonyl (C=O) groups is 1. The molecule has 34 heavy (non-hydrogen) atoms. The van der Waals surface area contributed by atoms with E-state index >= 15 is 0 Å². The van der Waals surface area contributed by atoms with Gasteiger partial charge in [-0.3, -0.25) is 4.79 Å². The van der Waals surface area contributed by atoms with E-state index in [1.54, 1.807) is 48.5 Å². The highest BCUT2D eigenvalue weighted by molar-refractivity contribution is 7.89. The van der Waals surface area contributed by atoms with E-state index in [9.17, 15) is 17.6 Å². The van der Waals surface area contributed by atoms with Crippen LogP contribution in [0.5, 0.6) is 11.5 Å². The molecule has 10 heteroatoms. The molecule has 1 N–H and O–H groups in total. The van der Waals surface area contributed by atoms with Crippen molar-refractivity contribution < 1.29 is 27.1 Å². The van der Waals surface area contributed by atoms with E-state index in [4.69, 9.17) is 9.47 Å². The fourth-order valence-electron chi connectivity index (χ4n) is 3.14. The molecule has 0 radical (unpaired) electrons. The molecule has 8 nitrogen and oxygen atoms in total. The van der Waals surface area contributed by atoms with Gasteiger partial charge in [0.1, 0.15) is 17.3 Å². The number of carbonyl (C=O) groups excluding carboxylic acids is 1. The molecular weight excluding hydrogens is 461 g/mol. The third kappa shape index (κ3) is 6.18.